The lowest BCUT2D eigenvalue weighted by atomic mass is 10.2. The number of hydrogen-bond acceptors (Lipinski definition) is 3. The number of nitrogens with two attached hydrogens (primary N) is 1. The van der Waals surface area contributed by atoms with Gasteiger partial charge in [-0.05, 0) is 31.4 Å². The number of hydrogen-bond donors (Lipinski definition) is 1. The molecule has 21 heavy (non-hydrogen) atoms. The van der Waals surface area contributed by atoms with E-state index in [-0.39, 0.29) is 12.1 Å². The van der Waals surface area contributed by atoms with E-state index in [1.54, 1.807) is 24.3 Å². The van der Waals surface area contributed by atoms with Crippen LogP contribution in [0.2, 0.25) is 0 Å². The van der Waals surface area contributed by atoms with Crippen LogP contribution in [0.15, 0.2) is 39.9 Å². The summed E-state index contributed by atoms with van der Waals surface area (Å²) in [6, 6.07) is 8.71. The fraction of sp³-hybridized carbons (Fsp3) is 0.267. The number of carbonyl (C=O) groups excluding carboxylic acids is 1. The molecule has 6 heteroatoms. The lowest BCUT2D eigenvalue weighted by molar-refractivity contribution is -0.118. The number of para-hydroxylation sites is 1. The second-order valence-corrected chi connectivity index (χ2v) is 5.09. The lowest BCUT2D eigenvalue weighted by Crippen LogP contribution is -2.43. The van der Waals surface area contributed by atoms with Gasteiger partial charge in [0.05, 0.1) is 5.69 Å². The molecule has 1 aliphatic rings. The van der Waals surface area contributed by atoms with Gasteiger partial charge in [-0.2, -0.15) is 0 Å². The van der Waals surface area contributed by atoms with E-state index in [2.05, 4.69) is 0 Å². The van der Waals surface area contributed by atoms with E-state index in [0.717, 1.165) is 11.0 Å². The summed E-state index contributed by atoms with van der Waals surface area (Å²) in [7, 11) is 0. The highest BCUT2D eigenvalue weighted by Crippen LogP contribution is 2.17. The fourth-order valence-electron chi connectivity index (χ4n) is 2.84. The van der Waals surface area contributed by atoms with Crippen LogP contribution < -0.4 is 17.0 Å². The Bertz CT molecular complexity index is 819. The standard InChI is InChI=1S/C15H15N3O3/c16-13(19)9-17-12-8-4-7-11(12)14(20)18(15(17)21)10-5-2-1-3-6-10/h1-3,5-6H,4,7-9H2,(H2,16,19). The minimum atomic E-state index is -0.593. The van der Waals surface area contributed by atoms with E-state index < -0.39 is 11.6 Å². The highest BCUT2D eigenvalue weighted by atomic mass is 16.2. The van der Waals surface area contributed by atoms with Gasteiger partial charge in [-0.1, -0.05) is 18.2 Å². The number of nitrogens with zero attached hydrogens (tertiary/aromatic N) is 2. The monoisotopic (exact) mass is 285 g/mol. The third-order valence-electron chi connectivity index (χ3n) is 3.73. The Morgan fingerprint density at radius 3 is 2.52 bits per heavy atom. The zero-order valence-corrected chi connectivity index (χ0v) is 11.4. The van der Waals surface area contributed by atoms with Gasteiger partial charge in [0.15, 0.2) is 0 Å². The summed E-state index contributed by atoms with van der Waals surface area (Å²) in [5.74, 6) is -0.593. The minimum absolute atomic E-state index is 0.200. The van der Waals surface area contributed by atoms with Crippen LogP contribution in [-0.2, 0) is 24.2 Å². The molecule has 0 bridgehead atoms. The molecule has 1 aromatic carbocycles. The average Bonchev–Trinajstić information content (AvgIpc) is 2.94. The molecule has 0 saturated carbocycles. The predicted octanol–water partition coefficient (Wildman–Crippen LogP) is -0.0268. The normalized spacial score (nSPS) is 13.1. The van der Waals surface area contributed by atoms with Gasteiger partial charge in [-0.25, -0.2) is 9.36 Å². The van der Waals surface area contributed by atoms with Crippen LogP contribution >= 0.6 is 0 Å². The second kappa shape index (κ2) is 5.05. The molecule has 108 valence electrons. The van der Waals surface area contributed by atoms with Gasteiger partial charge < -0.3 is 5.73 Å². The highest BCUT2D eigenvalue weighted by molar-refractivity contribution is 5.73. The van der Waals surface area contributed by atoms with Crippen molar-refractivity contribution in [3.63, 3.8) is 0 Å². The molecule has 2 aromatic rings. The van der Waals surface area contributed by atoms with Gasteiger partial charge in [-0.3, -0.25) is 14.2 Å². The van der Waals surface area contributed by atoms with Crippen LogP contribution in [0.3, 0.4) is 0 Å². The van der Waals surface area contributed by atoms with Crippen molar-refractivity contribution < 1.29 is 4.79 Å². The Kier molecular flexibility index (Phi) is 3.21. The number of benzene rings is 1. The van der Waals surface area contributed by atoms with Crippen molar-refractivity contribution in [3.05, 3.63) is 62.4 Å². The van der Waals surface area contributed by atoms with E-state index in [0.29, 0.717) is 29.8 Å². The Morgan fingerprint density at radius 2 is 1.86 bits per heavy atom. The molecule has 1 heterocycles. The molecule has 2 N–H and O–H groups in total. The lowest BCUT2D eigenvalue weighted by Gasteiger charge is -2.14. The van der Waals surface area contributed by atoms with Crippen LogP contribution in [0.5, 0.6) is 0 Å². The first-order chi connectivity index (χ1) is 10.1. The topological polar surface area (TPSA) is 87.1 Å². The van der Waals surface area contributed by atoms with E-state index >= 15 is 0 Å². The molecule has 6 nitrogen and oxygen atoms in total. The van der Waals surface area contributed by atoms with Crippen molar-refractivity contribution in [2.24, 2.45) is 5.73 Å². The summed E-state index contributed by atoms with van der Waals surface area (Å²) >= 11 is 0. The zero-order chi connectivity index (χ0) is 15.0. The molecule has 0 aliphatic heterocycles. The minimum Gasteiger partial charge on any atom is -0.368 e. The largest absolute Gasteiger partial charge is 0.368 e. The molecule has 1 aliphatic carbocycles. The van der Waals surface area contributed by atoms with Crippen LogP contribution in [-0.4, -0.2) is 15.0 Å². The van der Waals surface area contributed by atoms with Crippen molar-refractivity contribution in [2.75, 3.05) is 0 Å². The Hall–Kier alpha value is -2.63. The highest BCUT2D eigenvalue weighted by Gasteiger charge is 2.24. The maximum Gasteiger partial charge on any atom is 0.336 e. The van der Waals surface area contributed by atoms with Crippen molar-refractivity contribution in [3.8, 4) is 5.69 Å². The van der Waals surface area contributed by atoms with Gasteiger partial charge in [0.1, 0.15) is 6.54 Å². The first kappa shape index (κ1) is 13.4. The molecule has 0 spiro atoms. The van der Waals surface area contributed by atoms with Gasteiger partial charge in [-0.15, -0.1) is 0 Å². The number of carbonyl (C=O) groups is 1. The third-order valence-corrected chi connectivity index (χ3v) is 3.73. The van der Waals surface area contributed by atoms with Gasteiger partial charge in [0, 0.05) is 11.3 Å². The van der Waals surface area contributed by atoms with Crippen LogP contribution in [0.1, 0.15) is 17.7 Å². The molecule has 0 fully saturated rings. The third kappa shape index (κ3) is 2.18. The van der Waals surface area contributed by atoms with Gasteiger partial charge in [0.2, 0.25) is 5.91 Å². The SMILES string of the molecule is NC(=O)Cn1c2c(c(=O)n(-c3ccccc3)c1=O)CCC2. The summed E-state index contributed by atoms with van der Waals surface area (Å²) in [5.41, 5.74) is 6.19. The molecular weight excluding hydrogens is 270 g/mol. The maximum absolute atomic E-state index is 12.6. The van der Waals surface area contributed by atoms with Crippen molar-refractivity contribution in [1.82, 2.24) is 9.13 Å². The quantitative estimate of drug-likeness (QED) is 0.859. The molecule has 0 atom stereocenters. The Morgan fingerprint density at radius 1 is 1.14 bits per heavy atom. The summed E-state index contributed by atoms with van der Waals surface area (Å²) in [5, 5.41) is 0. The smallest absolute Gasteiger partial charge is 0.336 e. The predicted molar refractivity (Wildman–Crippen MR) is 77.5 cm³/mol. The van der Waals surface area contributed by atoms with Crippen LogP contribution in [0.4, 0.5) is 0 Å². The number of rotatable bonds is 3. The van der Waals surface area contributed by atoms with Crippen LogP contribution in [0, 0.1) is 0 Å². The molecule has 0 unspecified atom stereocenters. The van der Waals surface area contributed by atoms with Crippen molar-refractivity contribution in [2.45, 2.75) is 25.8 Å². The summed E-state index contributed by atoms with van der Waals surface area (Å²) in [6.45, 7) is -0.200. The van der Waals surface area contributed by atoms with E-state index in [9.17, 15) is 14.4 Å². The first-order valence-electron chi connectivity index (χ1n) is 6.81. The molecule has 1 amide bonds. The Labute approximate surface area is 120 Å². The maximum atomic E-state index is 12.6. The molecule has 0 saturated heterocycles. The van der Waals surface area contributed by atoms with Gasteiger partial charge >= 0.3 is 5.69 Å². The zero-order valence-electron chi connectivity index (χ0n) is 11.4. The molecular formula is C15H15N3O3. The fourth-order valence-corrected chi connectivity index (χ4v) is 2.84. The molecule has 3 rings (SSSR count). The van der Waals surface area contributed by atoms with Gasteiger partial charge in [0.25, 0.3) is 5.56 Å². The number of primary amides is 1. The van der Waals surface area contributed by atoms with Crippen molar-refractivity contribution in [1.29, 1.82) is 0 Å². The summed E-state index contributed by atoms with van der Waals surface area (Å²) in [4.78, 5) is 36.4. The first-order valence-corrected chi connectivity index (χ1v) is 6.81. The van der Waals surface area contributed by atoms with E-state index in [1.807, 2.05) is 6.07 Å². The number of fused-ring (bicyclic) bond motifs is 1. The van der Waals surface area contributed by atoms with E-state index in [4.69, 9.17) is 5.73 Å². The number of aromatic nitrogens is 2. The molecule has 0 radical (unpaired) electrons. The second-order valence-electron chi connectivity index (χ2n) is 5.09. The van der Waals surface area contributed by atoms with Crippen LogP contribution in [0.25, 0.3) is 5.69 Å². The Balaban J connectivity index is 2.34. The summed E-state index contributed by atoms with van der Waals surface area (Å²) in [6.07, 6.45) is 2.06. The molecule has 1 aromatic heterocycles. The average molecular weight is 285 g/mol. The summed E-state index contributed by atoms with van der Waals surface area (Å²) < 4.78 is 2.45. The van der Waals surface area contributed by atoms with Crippen molar-refractivity contribution >= 4 is 5.91 Å². The number of amides is 1. The van der Waals surface area contributed by atoms with E-state index in [1.165, 1.54) is 4.57 Å².